The fourth-order valence-corrected chi connectivity index (χ4v) is 1.48. The van der Waals surface area contributed by atoms with Gasteiger partial charge in [-0.25, -0.2) is 0 Å². The van der Waals surface area contributed by atoms with Crippen LogP contribution < -0.4 is 16.4 Å². The molecule has 0 radical (unpaired) electrons. The van der Waals surface area contributed by atoms with Gasteiger partial charge in [0, 0.05) is 6.54 Å². The first-order valence-electron chi connectivity index (χ1n) is 4.91. The van der Waals surface area contributed by atoms with E-state index in [1.54, 1.807) is 6.92 Å². The molecule has 1 fully saturated rings. The van der Waals surface area contributed by atoms with Crippen molar-refractivity contribution >= 4 is 11.8 Å². The molecule has 1 heterocycles. The zero-order valence-corrected chi connectivity index (χ0v) is 8.38. The van der Waals surface area contributed by atoms with Crippen molar-refractivity contribution in [1.29, 1.82) is 0 Å². The van der Waals surface area contributed by atoms with Crippen LogP contribution in [0.3, 0.4) is 0 Å². The van der Waals surface area contributed by atoms with Crippen LogP contribution >= 0.6 is 0 Å². The molecule has 0 saturated carbocycles. The van der Waals surface area contributed by atoms with Crippen LogP contribution in [-0.2, 0) is 9.59 Å². The van der Waals surface area contributed by atoms with Crippen LogP contribution in [-0.4, -0.2) is 30.9 Å². The molecule has 1 rings (SSSR count). The highest BCUT2D eigenvalue weighted by Gasteiger charge is 2.23. The van der Waals surface area contributed by atoms with Gasteiger partial charge in [0.05, 0.1) is 5.92 Å². The highest BCUT2D eigenvalue weighted by Crippen LogP contribution is 2.09. The van der Waals surface area contributed by atoms with Gasteiger partial charge in [-0.3, -0.25) is 9.59 Å². The summed E-state index contributed by atoms with van der Waals surface area (Å²) in [5.41, 5.74) is 5.04. The molecular weight excluding hydrogens is 182 g/mol. The molecule has 0 aromatic rings. The van der Waals surface area contributed by atoms with Crippen LogP contribution in [0.5, 0.6) is 0 Å². The third kappa shape index (κ3) is 2.99. The molecule has 2 unspecified atom stereocenters. The van der Waals surface area contributed by atoms with E-state index in [0.29, 0.717) is 6.54 Å². The second kappa shape index (κ2) is 4.95. The quantitative estimate of drug-likeness (QED) is 0.543. The number of amides is 2. The van der Waals surface area contributed by atoms with E-state index in [1.807, 2.05) is 0 Å². The minimum absolute atomic E-state index is 0.0226. The monoisotopic (exact) mass is 199 g/mol. The van der Waals surface area contributed by atoms with E-state index < -0.39 is 11.9 Å². The fourth-order valence-electron chi connectivity index (χ4n) is 1.48. The molecule has 14 heavy (non-hydrogen) atoms. The van der Waals surface area contributed by atoms with Gasteiger partial charge in [0.1, 0.15) is 6.04 Å². The molecule has 2 amide bonds. The summed E-state index contributed by atoms with van der Waals surface area (Å²) in [7, 11) is 0. The molecule has 1 aliphatic rings. The average Bonchev–Trinajstić information content (AvgIpc) is 2.19. The van der Waals surface area contributed by atoms with Crippen LogP contribution in [0.25, 0.3) is 0 Å². The van der Waals surface area contributed by atoms with E-state index in [4.69, 9.17) is 5.73 Å². The van der Waals surface area contributed by atoms with Crippen molar-refractivity contribution in [2.24, 2.45) is 11.7 Å². The van der Waals surface area contributed by atoms with Gasteiger partial charge < -0.3 is 16.4 Å². The first-order chi connectivity index (χ1) is 6.61. The second-order valence-electron chi connectivity index (χ2n) is 3.68. The number of carbonyl (C=O) groups is 2. The molecule has 80 valence electrons. The maximum Gasteiger partial charge on any atom is 0.239 e. The highest BCUT2D eigenvalue weighted by atomic mass is 16.2. The topological polar surface area (TPSA) is 84.2 Å². The molecule has 5 heteroatoms. The number of nitrogens with two attached hydrogens (primary N) is 1. The minimum atomic E-state index is -0.579. The van der Waals surface area contributed by atoms with Gasteiger partial charge in [-0.05, 0) is 26.3 Å². The van der Waals surface area contributed by atoms with Crippen molar-refractivity contribution in [1.82, 2.24) is 10.6 Å². The third-order valence-electron chi connectivity index (χ3n) is 2.45. The number of piperidine rings is 1. The predicted octanol–water partition coefficient (Wildman–Crippen LogP) is -1.02. The van der Waals surface area contributed by atoms with Crippen LogP contribution in [0.4, 0.5) is 0 Å². The Morgan fingerprint density at radius 1 is 1.57 bits per heavy atom. The van der Waals surface area contributed by atoms with E-state index in [0.717, 1.165) is 19.4 Å². The summed E-state index contributed by atoms with van der Waals surface area (Å²) in [6.45, 7) is 3.25. The zero-order valence-electron chi connectivity index (χ0n) is 8.38. The predicted molar refractivity (Wildman–Crippen MR) is 52.4 cm³/mol. The number of rotatable bonds is 3. The molecule has 0 bridgehead atoms. The van der Waals surface area contributed by atoms with E-state index in [9.17, 15) is 9.59 Å². The average molecular weight is 199 g/mol. The van der Waals surface area contributed by atoms with Gasteiger partial charge in [0.2, 0.25) is 11.8 Å². The molecule has 4 N–H and O–H groups in total. The number of nitrogens with one attached hydrogen (secondary N) is 2. The lowest BCUT2D eigenvalue weighted by atomic mass is 9.98. The standard InChI is InChI=1S/C9H17N3O2/c1-6(8(10)13)12-9(14)7-3-2-4-11-5-7/h6-7,11H,2-5H2,1H3,(H2,10,13)(H,12,14). The van der Waals surface area contributed by atoms with Gasteiger partial charge in [-0.2, -0.15) is 0 Å². The van der Waals surface area contributed by atoms with Gasteiger partial charge >= 0.3 is 0 Å². The Hall–Kier alpha value is -1.10. The summed E-state index contributed by atoms with van der Waals surface area (Å²) in [4.78, 5) is 22.3. The van der Waals surface area contributed by atoms with Crippen LogP contribution in [0.2, 0.25) is 0 Å². The minimum Gasteiger partial charge on any atom is -0.368 e. The molecule has 5 nitrogen and oxygen atoms in total. The van der Waals surface area contributed by atoms with Crippen LogP contribution in [0.1, 0.15) is 19.8 Å². The first kappa shape index (κ1) is 11.0. The lowest BCUT2D eigenvalue weighted by Crippen LogP contribution is -2.47. The van der Waals surface area contributed by atoms with Crippen LogP contribution in [0.15, 0.2) is 0 Å². The summed E-state index contributed by atoms with van der Waals surface area (Å²) in [6.07, 6.45) is 1.88. The Kier molecular flexibility index (Phi) is 3.88. The number of hydrogen-bond acceptors (Lipinski definition) is 3. The number of hydrogen-bond donors (Lipinski definition) is 3. The summed E-state index contributed by atoms with van der Waals surface area (Å²) < 4.78 is 0. The van der Waals surface area contributed by atoms with Crippen molar-refractivity contribution in [3.8, 4) is 0 Å². The number of carbonyl (C=O) groups excluding carboxylic acids is 2. The fraction of sp³-hybridized carbons (Fsp3) is 0.778. The Bertz CT molecular complexity index is 224. The molecule has 0 aromatic carbocycles. The van der Waals surface area contributed by atoms with Crippen LogP contribution in [0, 0.1) is 5.92 Å². The van der Waals surface area contributed by atoms with E-state index >= 15 is 0 Å². The lowest BCUT2D eigenvalue weighted by molar-refractivity contribution is -0.129. The van der Waals surface area contributed by atoms with Gasteiger partial charge in [0.25, 0.3) is 0 Å². The summed E-state index contributed by atoms with van der Waals surface area (Å²) in [5.74, 6) is -0.601. The smallest absolute Gasteiger partial charge is 0.239 e. The lowest BCUT2D eigenvalue weighted by Gasteiger charge is -2.23. The molecule has 2 atom stereocenters. The van der Waals surface area contributed by atoms with Gasteiger partial charge in [-0.15, -0.1) is 0 Å². The Balaban J connectivity index is 2.36. The third-order valence-corrected chi connectivity index (χ3v) is 2.45. The Morgan fingerprint density at radius 2 is 2.29 bits per heavy atom. The highest BCUT2D eigenvalue weighted by molar-refractivity contribution is 5.87. The van der Waals surface area contributed by atoms with Crippen molar-refractivity contribution in [2.45, 2.75) is 25.8 Å². The molecule has 1 saturated heterocycles. The molecule has 0 aromatic heterocycles. The van der Waals surface area contributed by atoms with Crippen molar-refractivity contribution in [2.75, 3.05) is 13.1 Å². The maximum absolute atomic E-state index is 11.6. The second-order valence-corrected chi connectivity index (χ2v) is 3.68. The first-order valence-corrected chi connectivity index (χ1v) is 4.91. The van der Waals surface area contributed by atoms with Crippen molar-refractivity contribution < 1.29 is 9.59 Å². The molecule has 1 aliphatic heterocycles. The summed E-state index contributed by atoms with van der Waals surface area (Å²) >= 11 is 0. The SMILES string of the molecule is CC(NC(=O)C1CCCNC1)C(N)=O. The molecular formula is C9H17N3O2. The molecule has 0 aliphatic carbocycles. The normalized spacial score (nSPS) is 23.9. The number of primary amides is 1. The maximum atomic E-state index is 11.6. The van der Waals surface area contributed by atoms with Gasteiger partial charge in [-0.1, -0.05) is 0 Å². The summed E-state index contributed by atoms with van der Waals surface area (Å²) in [5, 5.41) is 5.74. The van der Waals surface area contributed by atoms with E-state index in [1.165, 1.54) is 0 Å². The van der Waals surface area contributed by atoms with E-state index in [2.05, 4.69) is 10.6 Å². The zero-order chi connectivity index (χ0) is 10.6. The Morgan fingerprint density at radius 3 is 2.79 bits per heavy atom. The Labute approximate surface area is 83.4 Å². The van der Waals surface area contributed by atoms with Crippen molar-refractivity contribution in [3.63, 3.8) is 0 Å². The van der Waals surface area contributed by atoms with E-state index in [-0.39, 0.29) is 11.8 Å². The molecule has 0 spiro atoms. The largest absolute Gasteiger partial charge is 0.368 e. The summed E-state index contributed by atoms with van der Waals surface area (Å²) in [6, 6.07) is -0.579. The van der Waals surface area contributed by atoms with Crippen molar-refractivity contribution in [3.05, 3.63) is 0 Å². The van der Waals surface area contributed by atoms with Gasteiger partial charge in [0.15, 0.2) is 0 Å².